The van der Waals surface area contributed by atoms with Crippen LogP contribution in [0.3, 0.4) is 0 Å². The number of amides is 1. The van der Waals surface area contributed by atoms with Crippen molar-refractivity contribution in [2.24, 2.45) is 0 Å². The van der Waals surface area contributed by atoms with Crippen molar-refractivity contribution in [1.82, 2.24) is 10.3 Å². The van der Waals surface area contributed by atoms with Crippen molar-refractivity contribution in [2.75, 3.05) is 11.1 Å². The molecule has 1 aliphatic carbocycles. The van der Waals surface area contributed by atoms with Gasteiger partial charge in [0.05, 0.1) is 6.04 Å². The van der Waals surface area contributed by atoms with Crippen LogP contribution in [0.5, 0.6) is 0 Å². The van der Waals surface area contributed by atoms with Gasteiger partial charge in [-0.1, -0.05) is 17.3 Å². The Morgan fingerprint density at radius 3 is 3.00 bits per heavy atom. The molecule has 1 aliphatic rings. The third-order valence-corrected chi connectivity index (χ3v) is 3.36. The topological polar surface area (TPSA) is 80.0 Å². The zero-order chi connectivity index (χ0) is 12.4. The minimum Gasteiger partial charge on any atom is -0.382 e. The molecule has 1 unspecified atom stereocenters. The van der Waals surface area contributed by atoms with Gasteiger partial charge in [-0.25, -0.2) is 4.98 Å². The van der Waals surface area contributed by atoms with Crippen molar-refractivity contribution >= 4 is 28.2 Å². The van der Waals surface area contributed by atoms with E-state index in [9.17, 15) is 4.79 Å². The average Bonchev–Trinajstić information content (AvgIpc) is 3.01. The number of nitrogens with two attached hydrogens (primary N) is 1. The van der Waals surface area contributed by atoms with Gasteiger partial charge in [-0.05, 0) is 19.8 Å². The number of hydrogen-bond donors (Lipinski definition) is 3. The second kappa shape index (κ2) is 4.63. The minimum atomic E-state index is -0.316. The Hall–Kier alpha value is -1.74. The van der Waals surface area contributed by atoms with E-state index >= 15 is 0 Å². The molecule has 0 bridgehead atoms. The number of aromatic nitrogens is 1. The Balaban J connectivity index is 2.06. The second-order valence-electron chi connectivity index (χ2n) is 4.01. The van der Waals surface area contributed by atoms with Crippen LogP contribution in [0.15, 0.2) is 0 Å². The number of terminal acetylenes is 1. The van der Waals surface area contributed by atoms with E-state index in [0.717, 1.165) is 12.8 Å². The number of nitrogens with zero attached hydrogens (tertiary/aromatic N) is 1. The minimum absolute atomic E-state index is 0.250. The van der Waals surface area contributed by atoms with Gasteiger partial charge in [-0.2, -0.15) is 0 Å². The summed E-state index contributed by atoms with van der Waals surface area (Å²) in [6.45, 7) is 1.73. The molecule has 0 aromatic carbocycles. The first kappa shape index (κ1) is 11.7. The molecule has 1 aromatic rings. The summed E-state index contributed by atoms with van der Waals surface area (Å²) in [6, 6.07) is 0.171. The smallest absolute Gasteiger partial charge is 0.266 e. The van der Waals surface area contributed by atoms with Gasteiger partial charge in [0.15, 0.2) is 5.13 Å². The lowest BCUT2D eigenvalue weighted by Gasteiger charge is -2.05. The number of hydrogen-bond acceptors (Lipinski definition) is 5. The first-order valence-electron chi connectivity index (χ1n) is 5.40. The Morgan fingerprint density at radius 1 is 1.71 bits per heavy atom. The van der Waals surface area contributed by atoms with E-state index in [0.29, 0.717) is 16.1 Å². The monoisotopic (exact) mass is 250 g/mol. The van der Waals surface area contributed by atoms with Crippen molar-refractivity contribution < 1.29 is 4.79 Å². The van der Waals surface area contributed by atoms with Gasteiger partial charge in [-0.15, -0.1) is 6.42 Å². The predicted molar refractivity (Wildman–Crippen MR) is 68.9 cm³/mol. The van der Waals surface area contributed by atoms with E-state index in [-0.39, 0.29) is 17.8 Å². The summed E-state index contributed by atoms with van der Waals surface area (Å²) in [5.74, 6) is 2.41. The molecule has 1 aromatic heterocycles. The lowest BCUT2D eigenvalue weighted by molar-refractivity contribution is 0.0953. The van der Waals surface area contributed by atoms with E-state index in [1.807, 2.05) is 0 Å². The summed E-state index contributed by atoms with van der Waals surface area (Å²) in [5, 5.41) is 6.56. The summed E-state index contributed by atoms with van der Waals surface area (Å²) < 4.78 is 0. The number of anilines is 2. The van der Waals surface area contributed by atoms with Crippen LogP contribution in [0.4, 0.5) is 10.9 Å². The highest BCUT2D eigenvalue weighted by Gasteiger charge is 2.24. The summed E-state index contributed by atoms with van der Waals surface area (Å²) in [6.07, 6.45) is 7.49. The van der Waals surface area contributed by atoms with Gasteiger partial charge < -0.3 is 16.4 Å². The van der Waals surface area contributed by atoms with Crippen molar-refractivity contribution in [3.8, 4) is 12.3 Å². The standard InChI is InChI=1S/C11H14N4OS/c1-3-6(2)13-10(16)8-9(12)15-11(17-8)14-7-4-5-7/h1,6-7H,4-5,12H2,2H3,(H,13,16)(H,14,15). The van der Waals surface area contributed by atoms with Crippen molar-refractivity contribution in [3.63, 3.8) is 0 Å². The first-order chi connectivity index (χ1) is 8.10. The van der Waals surface area contributed by atoms with Gasteiger partial charge >= 0.3 is 0 Å². The molecule has 17 heavy (non-hydrogen) atoms. The highest BCUT2D eigenvalue weighted by atomic mass is 32.1. The molecule has 5 nitrogen and oxygen atoms in total. The Bertz CT molecular complexity index is 472. The fourth-order valence-electron chi connectivity index (χ4n) is 1.26. The summed E-state index contributed by atoms with van der Waals surface area (Å²) in [5.41, 5.74) is 5.70. The fourth-order valence-corrected chi connectivity index (χ4v) is 2.13. The van der Waals surface area contributed by atoms with Crippen LogP contribution in [0.1, 0.15) is 29.4 Å². The van der Waals surface area contributed by atoms with Crippen molar-refractivity contribution in [3.05, 3.63) is 4.88 Å². The molecule has 1 fully saturated rings. The van der Waals surface area contributed by atoms with Gasteiger partial charge in [0.25, 0.3) is 5.91 Å². The molecule has 90 valence electrons. The van der Waals surface area contributed by atoms with Crippen LogP contribution < -0.4 is 16.4 Å². The van der Waals surface area contributed by atoms with Crippen LogP contribution in [0, 0.1) is 12.3 Å². The lowest BCUT2D eigenvalue weighted by Crippen LogP contribution is -2.31. The normalized spacial score (nSPS) is 16.0. The molecule has 0 aliphatic heterocycles. The fraction of sp³-hybridized carbons (Fsp3) is 0.455. The molecular weight excluding hydrogens is 236 g/mol. The summed E-state index contributed by atoms with van der Waals surface area (Å²) in [4.78, 5) is 16.3. The van der Waals surface area contributed by atoms with Crippen molar-refractivity contribution in [1.29, 1.82) is 0 Å². The molecule has 6 heteroatoms. The number of nitrogens with one attached hydrogen (secondary N) is 2. The van der Waals surface area contributed by atoms with Gasteiger partial charge in [0.1, 0.15) is 10.7 Å². The SMILES string of the molecule is C#CC(C)NC(=O)c1sc(NC2CC2)nc1N. The van der Waals surface area contributed by atoms with E-state index in [1.54, 1.807) is 6.92 Å². The van der Waals surface area contributed by atoms with Crippen LogP contribution in [-0.4, -0.2) is 23.0 Å². The Morgan fingerprint density at radius 2 is 2.41 bits per heavy atom. The van der Waals surface area contributed by atoms with E-state index in [4.69, 9.17) is 12.2 Å². The largest absolute Gasteiger partial charge is 0.382 e. The number of thiazole rings is 1. The van der Waals surface area contributed by atoms with Crippen LogP contribution >= 0.6 is 11.3 Å². The zero-order valence-electron chi connectivity index (χ0n) is 9.49. The molecule has 1 atom stereocenters. The van der Waals surface area contributed by atoms with Crippen LogP contribution in [0.2, 0.25) is 0 Å². The maximum atomic E-state index is 11.8. The Kier molecular flexibility index (Phi) is 3.20. The third kappa shape index (κ3) is 2.88. The number of nitrogen functional groups attached to an aromatic ring is 1. The molecule has 1 amide bonds. The highest BCUT2D eigenvalue weighted by Crippen LogP contribution is 2.30. The maximum Gasteiger partial charge on any atom is 0.266 e. The van der Waals surface area contributed by atoms with Gasteiger partial charge in [0, 0.05) is 6.04 Å². The van der Waals surface area contributed by atoms with Crippen LogP contribution in [-0.2, 0) is 0 Å². The molecule has 0 radical (unpaired) electrons. The number of carbonyl (C=O) groups excluding carboxylic acids is 1. The zero-order valence-corrected chi connectivity index (χ0v) is 10.3. The quantitative estimate of drug-likeness (QED) is 0.698. The predicted octanol–water partition coefficient (Wildman–Crippen LogP) is 1.05. The molecule has 0 saturated heterocycles. The summed E-state index contributed by atoms with van der Waals surface area (Å²) in [7, 11) is 0. The first-order valence-corrected chi connectivity index (χ1v) is 6.21. The molecule has 0 spiro atoms. The van der Waals surface area contributed by atoms with E-state index < -0.39 is 0 Å². The van der Waals surface area contributed by atoms with Crippen LogP contribution in [0.25, 0.3) is 0 Å². The molecule has 1 saturated carbocycles. The lowest BCUT2D eigenvalue weighted by atomic mass is 10.3. The number of carbonyl (C=O) groups is 1. The van der Waals surface area contributed by atoms with Gasteiger partial charge in [0.2, 0.25) is 0 Å². The maximum absolute atomic E-state index is 11.8. The molecule has 1 heterocycles. The number of rotatable bonds is 4. The molecular formula is C11H14N4OS. The Labute approximate surface area is 104 Å². The van der Waals surface area contributed by atoms with E-state index in [2.05, 4.69) is 21.5 Å². The average molecular weight is 250 g/mol. The molecule has 2 rings (SSSR count). The van der Waals surface area contributed by atoms with Gasteiger partial charge in [-0.3, -0.25) is 4.79 Å². The van der Waals surface area contributed by atoms with E-state index in [1.165, 1.54) is 11.3 Å². The highest BCUT2D eigenvalue weighted by molar-refractivity contribution is 7.18. The summed E-state index contributed by atoms with van der Waals surface area (Å²) >= 11 is 1.26. The third-order valence-electron chi connectivity index (χ3n) is 2.36. The van der Waals surface area contributed by atoms with Crippen molar-refractivity contribution in [2.45, 2.75) is 31.8 Å². The molecule has 4 N–H and O–H groups in total. The second-order valence-corrected chi connectivity index (χ2v) is 5.01.